The molecule has 0 aliphatic carbocycles. The number of ether oxygens (including phenoxy) is 2. The van der Waals surface area contributed by atoms with Gasteiger partial charge in [-0.15, -0.1) is 0 Å². The van der Waals surface area contributed by atoms with E-state index >= 15 is 0 Å². The third kappa shape index (κ3) is 2.96. The maximum absolute atomic E-state index is 12.1. The summed E-state index contributed by atoms with van der Waals surface area (Å²) in [6.45, 7) is 5.33. The largest absolute Gasteiger partial charge is 0.493 e. The molecule has 2 rings (SSSR count). The fraction of sp³-hybridized carbons (Fsp3) is 0.375. The van der Waals surface area contributed by atoms with Gasteiger partial charge in [0.2, 0.25) is 5.43 Å². The van der Waals surface area contributed by atoms with E-state index in [4.69, 9.17) is 15.2 Å². The highest BCUT2D eigenvalue weighted by Crippen LogP contribution is 2.29. The molecule has 6 heteroatoms. The standard InChI is InChI=1S/C16H21N3O3/c1-10-8-12(20)15(16(2,3)17)18-19(10)11-6-7-13(21-4)14(9-11)22-5/h6-9H,17H2,1-5H3. The van der Waals surface area contributed by atoms with Gasteiger partial charge in [-0.2, -0.15) is 5.10 Å². The van der Waals surface area contributed by atoms with Gasteiger partial charge in [-0.05, 0) is 32.9 Å². The molecule has 0 unspecified atom stereocenters. The number of nitrogens with two attached hydrogens (primary N) is 1. The van der Waals surface area contributed by atoms with Gasteiger partial charge < -0.3 is 15.2 Å². The predicted molar refractivity (Wildman–Crippen MR) is 84.9 cm³/mol. The maximum atomic E-state index is 12.1. The van der Waals surface area contributed by atoms with Crippen LogP contribution in [-0.2, 0) is 5.54 Å². The van der Waals surface area contributed by atoms with Crippen LogP contribution in [0.1, 0.15) is 25.2 Å². The van der Waals surface area contributed by atoms with E-state index in [2.05, 4.69) is 5.10 Å². The minimum atomic E-state index is -0.816. The van der Waals surface area contributed by atoms with Crippen LogP contribution in [0.25, 0.3) is 5.69 Å². The molecular weight excluding hydrogens is 282 g/mol. The quantitative estimate of drug-likeness (QED) is 0.931. The fourth-order valence-electron chi connectivity index (χ4n) is 2.21. The Hall–Kier alpha value is -2.34. The van der Waals surface area contributed by atoms with Crippen molar-refractivity contribution in [2.75, 3.05) is 14.2 Å². The number of rotatable bonds is 4. The Balaban J connectivity index is 2.65. The summed E-state index contributed by atoms with van der Waals surface area (Å²) in [6.07, 6.45) is 0. The van der Waals surface area contributed by atoms with Crippen LogP contribution >= 0.6 is 0 Å². The lowest BCUT2D eigenvalue weighted by atomic mass is 10.0. The van der Waals surface area contributed by atoms with E-state index in [0.717, 1.165) is 5.69 Å². The van der Waals surface area contributed by atoms with Gasteiger partial charge in [0.05, 0.1) is 25.4 Å². The first-order valence-electron chi connectivity index (χ1n) is 6.90. The SMILES string of the molecule is COc1ccc(-n2nc(C(C)(C)N)c(=O)cc2C)cc1OC. The van der Waals surface area contributed by atoms with Gasteiger partial charge in [-0.1, -0.05) is 0 Å². The smallest absolute Gasteiger partial charge is 0.205 e. The molecule has 0 radical (unpaired) electrons. The Labute approximate surface area is 129 Å². The van der Waals surface area contributed by atoms with E-state index in [-0.39, 0.29) is 5.43 Å². The van der Waals surface area contributed by atoms with Gasteiger partial charge in [0, 0.05) is 17.8 Å². The summed E-state index contributed by atoms with van der Waals surface area (Å²) in [6, 6.07) is 6.98. The minimum absolute atomic E-state index is 0.165. The van der Waals surface area contributed by atoms with Crippen molar-refractivity contribution in [1.29, 1.82) is 0 Å². The zero-order valence-corrected chi connectivity index (χ0v) is 13.5. The Morgan fingerprint density at radius 1 is 1.14 bits per heavy atom. The summed E-state index contributed by atoms with van der Waals surface area (Å²) in [5.41, 5.74) is 6.84. The first-order valence-corrected chi connectivity index (χ1v) is 6.90. The van der Waals surface area contributed by atoms with Crippen LogP contribution in [-0.4, -0.2) is 24.0 Å². The van der Waals surface area contributed by atoms with Crippen molar-refractivity contribution in [1.82, 2.24) is 9.78 Å². The van der Waals surface area contributed by atoms with Crippen LogP contribution in [0.5, 0.6) is 11.5 Å². The lowest BCUT2D eigenvalue weighted by Crippen LogP contribution is -2.37. The molecule has 0 saturated carbocycles. The highest BCUT2D eigenvalue weighted by atomic mass is 16.5. The molecule has 2 aromatic rings. The molecule has 0 amide bonds. The van der Waals surface area contributed by atoms with Crippen molar-refractivity contribution < 1.29 is 9.47 Å². The third-order valence-corrected chi connectivity index (χ3v) is 3.33. The highest BCUT2D eigenvalue weighted by Gasteiger charge is 2.21. The molecule has 1 aromatic carbocycles. The minimum Gasteiger partial charge on any atom is -0.493 e. The summed E-state index contributed by atoms with van der Waals surface area (Å²) in [5.74, 6) is 1.22. The summed E-state index contributed by atoms with van der Waals surface area (Å²) >= 11 is 0. The van der Waals surface area contributed by atoms with E-state index in [0.29, 0.717) is 22.9 Å². The van der Waals surface area contributed by atoms with Crippen LogP contribution in [0.4, 0.5) is 0 Å². The number of hydrogen-bond acceptors (Lipinski definition) is 5. The molecule has 0 fully saturated rings. The molecule has 0 bridgehead atoms. The number of aromatic nitrogens is 2. The van der Waals surface area contributed by atoms with Crippen LogP contribution in [0.2, 0.25) is 0 Å². The lowest BCUT2D eigenvalue weighted by Gasteiger charge is -2.20. The average molecular weight is 303 g/mol. The number of aryl methyl sites for hydroxylation is 1. The van der Waals surface area contributed by atoms with Crippen molar-refractivity contribution in [2.45, 2.75) is 26.3 Å². The molecule has 0 aliphatic rings. The topological polar surface area (TPSA) is 79.4 Å². The van der Waals surface area contributed by atoms with Crippen molar-refractivity contribution in [3.63, 3.8) is 0 Å². The summed E-state index contributed by atoms with van der Waals surface area (Å²) in [5, 5.41) is 4.43. The Morgan fingerprint density at radius 2 is 1.77 bits per heavy atom. The van der Waals surface area contributed by atoms with E-state index < -0.39 is 5.54 Å². The zero-order chi connectivity index (χ0) is 16.5. The van der Waals surface area contributed by atoms with Gasteiger partial charge in [-0.3, -0.25) is 4.79 Å². The van der Waals surface area contributed by atoms with Gasteiger partial charge >= 0.3 is 0 Å². The van der Waals surface area contributed by atoms with Gasteiger partial charge in [-0.25, -0.2) is 4.68 Å². The van der Waals surface area contributed by atoms with Crippen molar-refractivity contribution in [3.05, 3.63) is 45.9 Å². The highest BCUT2D eigenvalue weighted by molar-refractivity contribution is 5.49. The second kappa shape index (κ2) is 5.81. The molecule has 1 heterocycles. The first-order chi connectivity index (χ1) is 10.3. The molecule has 0 saturated heterocycles. The lowest BCUT2D eigenvalue weighted by molar-refractivity contribution is 0.354. The third-order valence-electron chi connectivity index (χ3n) is 3.33. The van der Waals surface area contributed by atoms with Crippen LogP contribution in [0, 0.1) is 6.92 Å². The molecule has 0 aliphatic heterocycles. The second-order valence-electron chi connectivity index (χ2n) is 5.67. The molecule has 2 N–H and O–H groups in total. The average Bonchev–Trinajstić information content (AvgIpc) is 2.45. The van der Waals surface area contributed by atoms with Crippen LogP contribution < -0.4 is 20.6 Å². The van der Waals surface area contributed by atoms with E-state index in [9.17, 15) is 4.79 Å². The molecule has 1 aromatic heterocycles. The Kier molecular flexibility index (Phi) is 4.23. The van der Waals surface area contributed by atoms with E-state index in [1.165, 1.54) is 6.07 Å². The van der Waals surface area contributed by atoms with Crippen LogP contribution in [0.3, 0.4) is 0 Å². The van der Waals surface area contributed by atoms with E-state index in [1.807, 2.05) is 13.0 Å². The monoisotopic (exact) mass is 303 g/mol. The van der Waals surface area contributed by atoms with Crippen molar-refractivity contribution in [2.24, 2.45) is 5.73 Å². The molecule has 22 heavy (non-hydrogen) atoms. The van der Waals surface area contributed by atoms with Crippen molar-refractivity contribution >= 4 is 0 Å². The van der Waals surface area contributed by atoms with Gasteiger partial charge in [0.15, 0.2) is 11.5 Å². The molecular formula is C16H21N3O3. The number of nitrogens with zero attached hydrogens (tertiary/aromatic N) is 2. The Bertz CT molecular complexity index is 745. The number of benzene rings is 1. The molecule has 118 valence electrons. The fourth-order valence-corrected chi connectivity index (χ4v) is 2.21. The number of methoxy groups -OCH3 is 2. The zero-order valence-electron chi connectivity index (χ0n) is 13.5. The van der Waals surface area contributed by atoms with Gasteiger partial charge in [0.25, 0.3) is 0 Å². The number of hydrogen-bond donors (Lipinski definition) is 1. The maximum Gasteiger partial charge on any atom is 0.205 e. The summed E-state index contributed by atoms with van der Waals surface area (Å²) < 4.78 is 12.2. The summed E-state index contributed by atoms with van der Waals surface area (Å²) in [4.78, 5) is 12.1. The van der Waals surface area contributed by atoms with Crippen LogP contribution in [0.15, 0.2) is 29.1 Å². The first kappa shape index (κ1) is 16.0. The molecule has 0 atom stereocenters. The normalized spacial score (nSPS) is 11.4. The molecule has 6 nitrogen and oxygen atoms in total. The predicted octanol–water partition coefficient (Wildman–Crippen LogP) is 1.75. The Morgan fingerprint density at radius 3 is 2.32 bits per heavy atom. The van der Waals surface area contributed by atoms with Crippen molar-refractivity contribution in [3.8, 4) is 17.2 Å². The molecule has 0 spiro atoms. The van der Waals surface area contributed by atoms with E-state index in [1.54, 1.807) is 44.9 Å². The van der Waals surface area contributed by atoms with Gasteiger partial charge in [0.1, 0.15) is 5.69 Å². The summed E-state index contributed by atoms with van der Waals surface area (Å²) in [7, 11) is 3.15. The second-order valence-corrected chi connectivity index (χ2v) is 5.67.